The van der Waals surface area contributed by atoms with Gasteiger partial charge in [-0.05, 0) is 80.8 Å². The number of piperidine rings is 2. The number of methoxy groups -OCH3 is 1. The highest BCUT2D eigenvalue weighted by Crippen LogP contribution is 2.74. The number of nitrogens with zero attached hydrogens (tertiary/aromatic N) is 2. The van der Waals surface area contributed by atoms with Gasteiger partial charge in [0.1, 0.15) is 18.1 Å². The maximum Gasteiger partial charge on any atom is 0.337 e. The van der Waals surface area contributed by atoms with Crippen LogP contribution in [-0.4, -0.2) is 79.2 Å². The number of rotatable bonds is 16. The molecule has 1 aromatic heterocycles. The Bertz CT molecular complexity index is 1560. The van der Waals surface area contributed by atoms with E-state index in [0.29, 0.717) is 74.3 Å². The molecule has 3 aliphatic rings. The van der Waals surface area contributed by atoms with Crippen molar-refractivity contribution >= 4 is 29.5 Å². The van der Waals surface area contributed by atoms with Crippen molar-refractivity contribution in [1.29, 1.82) is 0 Å². The molecule has 3 fully saturated rings. The zero-order valence-electron chi connectivity index (χ0n) is 27.3. The van der Waals surface area contributed by atoms with E-state index in [4.69, 9.17) is 18.7 Å². The van der Waals surface area contributed by atoms with Crippen LogP contribution in [0.25, 0.3) is 0 Å². The lowest BCUT2D eigenvalue weighted by Gasteiger charge is -2.80. The topological polar surface area (TPSA) is 120 Å². The first-order valence-electron chi connectivity index (χ1n) is 16.4. The number of hydrogen-bond donors (Lipinski definition) is 1. The van der Waals surface area contributed by atoms with Gasteiger partial charge in [0.25, 0.3) is 0 Å². The molecule has 0 bridgehead atoms. The van der Waals surface area contributed by atoms with Gasteiger partial charge in [0.2, 0.25) is 11.8 Å². The lowest BCUT2D eigenvalue weighted by atomic mass is 9.36. The van der Waals surface area contributed by atoms with Crippen LogP contribution in [0.5, 0.6) is 5.75 Å². The number of benzene rings is 2. The first kappa shape index (κ1) is 33.1. The molecular formula is C36H43N3O7S. The summed E-state index contributed by atoms with van der Waals surface area (Å²) in [5, 5.41) is 6.98. The Labute approximate surface area is 279 Å². The van der Waals surface area contributed by atoms with Gasteiger partial charge < -0.3 is 29.0 Å². The summed E-state index contributed by atoms with van der Waals surface area (Å²) in [6.45, 7) is 5.44. The molecule has 1 aliphatic heterocycles. The summed E-state index contributed by atoms with van der Waals surface area (Å²) in [7, 11) is 1.35. The highest BCUT2D eigenvalue weighted by molar-refractivity contribution is 7.99. The van der Waals surface area contributed by atoms with Gasteiger partial charge in [0.15, 0.2) is 0 Å². The summed E-state index contributed by atoms with van der Waals surface area (Å²) < 4.78 is 21.2. The van der Waals surface area contributed by atoms with Crippen LogP contribution in [0.4, 0.5) is 0 Å². The number of carbonyl (C=O) groups is 3. The van der Waals surface area contributed by atoms with E-state index in [1.165, 1.54) is 24.7 Å². The lowest BCUT2D eigenvalue weighted by molar-refractivity contribution is -0.268. The van der Waals surface area contributed by atoms with Crippen molar-refractivity contribution < 1.29 is 33.1 Å². The fraction of sp³-hybridized carbons (Fsp3) is 0.500. The van der Waals surface area contributed by atoms with E-state index < -0.39 is 0 Å². The summed E-state index contributed by atoms with van der Waals surface area (Å²) in [6, 6.07) is 15.9. The number of thioether (sulfide) groups is 1. The third kappa shape index (κ3) is 6.65. The normalized spacial score (nSPS) is 22.2. The summed E-state index contributed by atoms with van der Waals surface area (Å²) in [5.41, 5.74) is 5.26. The van der Waals surface area contributed by atoms with Crippen LogP contribution in [0.2, 0.25) is 0 Å². The summed E-state index contributed by atoms with van der Waals surface area (Å²) in [4.78, 5) is 39.6. The number of carbonyl (C=O) groups excluding carboxylic acids is 3. The zero-order valence-corrected chi connectivity index (χ0v) is 28.1. The number of aromatic nitrogens is 1. The van der Waals surface area contributed by atoms with Crippen LogP contribution in [0.15, 0.2) is 53.1 Å². The molecule has 2 saturated carbocycles. The molecule has 2 heterocycles. The molecular weight excluding hydrogens is 618 g/mol. The molecule has 2 aromatic carbocycles. The molecule has 3 aromatic rings. The zero-order chi connectivity index (χ0) is 33.0. The van der Waals surface area contributed by atoms with Crippen LogP contribution in [0.3, 0.4) is 0 Å². The molecule has 2 amide bonds. The van der Waals surface area contributed by atoms with Crippen molar-refractivity contribution in [3.05, 3.63) is 82.2 Å². The highest BCUT2D eigenvalue weighted by atomic mass is 32.2. The highest BCUT2D eigenvalue weighted by Gasteiger charge is 2.76. The Morgan fingerprint density at radius 1 is 1.06 bits per heavy atom. The second-order valence-corrected chi connectivity index (χ2v) is 13.6. The molecule has 4 atom stereocenters. The van der Waals surface area contributed by atoms with E-state index in [2.05, 4.69) is 39.6 Å². The average molecular weight is 662 g/mol. The number of amides is 2. The quantitative estimate of drug-likeness (QED) is 0.167. The Morgan fingerprint density at radius 2 is 1.87 bits per heavy atom. The molecule has 2 aliphatic carbocycles. The number of nitrogens with one attached hydrogen (secondary N) is 1. The molecule has 4 unspecified atom stereocenters. The van der Waals surface area contributed by atoms with E-state index in [1.54, 1.807) is 36.0 Å². The van der Waals surface area contributed by atoms with Crippen LogP contribution in [0.1, 0.15) is 70.1 Å². The second-order valence-electron chi connectivity index (χ2n) is 12.6. The predicted octanol–water partition coefficient (Wildman–Crippen LogP) is 5.00. The van der Waals surface area contributed by atoms with Gasteiger partial charge in [0, 0.05) is 41.8 Å². The van der Waals surface area contributed by atoms with Crippen molar-refractivity contribution in [2.75, 3.05) is 39.2 Å². The molecule has 0 radical (unpaired) electrons. The maximum absolute atomic E-state index is 13.2. The predicted molar refractivity (Wildman–Crippen MR) is 177 cm³/mol. The standard InChI is InChI=1S/C36H43N3O7S/c1-23-29(24(2)46-38-23)21-47-22-34(41)39-31-14-15-36(31)30(20-32(36)39)28-7-5-4-6-25(28)10-13-33(40)37-16-17-44-18-19-45-27-11-8-26(9-12-27)35(42)43-3/h4-9,11-12,30-32H,10,13-22H2,1-3H3,(H,37,40). The van der Waals surface area contributed by atoms with E-state index in [0.717, 1.165) is 35.6 Å². The van der Waals surface area contributed by atoms with Crippen molar-refractivity contribution in [2.24, 2.45) is 5.41 Å². The number of aryl methyl sites for hydroxylation is 3. The van der Waals surface area contributed by atoms with Gasteiger partial charge in [-0.1, -0.05) is 29.4 Å². The molecule has 47 heavy (non-hydrogen) atoms. The van der Waals surface area contributed by atoms with Crippen molar-refractivity contribution in [2.45, 2.75) is 69.7 Å². The Balaban J connectivity index is 0.895. The van der Waals surface area contributed by atoms with E-state index in [-0.39, 0.29) is 23.2 Å². The fourth-order valence-electron chi connectivity index (χ4n) is 7.66. The molecule has 1 spiro atoms. The van der Waals surface area contributed by atoms with Gasteiger partial charge in [-0.25, -0.2) is 4.79 Å². The van der Waals surface area contributed by atoms with Gasteiger partial charge in [-0.15, -0.1) is 11.8 Å². The third-order valence-corrected chi connectivity index (χ3v) is 11.1. The molecule has 11 heteroatoms. The number of likely N-dealkylation sites (tertiary alicyclic amines) is 1. The van der Waals surface area contributed by atoms with E-state index >= 15 is 0 Å². The van der Waals surface area contributed by atoms with Gasteiger partial charge in [-0.3, -0.25) is 9.59 Å². The third-order valence-electron chi connectivity index (χ3n) is 10.2. The van der Waals surface area contributed by atoms with Crippen LogP contribution in [0, 0.1) is 19.3 Å². The fourth-order valence-corrected chi connectivity index (χ4v) is 8.70. The minimum Gasteiger partial charge on any atom is -0.491 e. The van der Waals surface area contributed by atoms with Crippen molar-refractivity contribution in [3.63, 3.8) is 0 Å². The van der Waals surface area contributed by atoms with Crippen LogP contribution >= 0.6 is 11.8 Å². The molecule has 10 nitrogen and oxygen atoms in total. The second kappa shape index (κ2) is 14.5. The monoisotopic (exact) mass is 661 g/mol. The molecule has 250 valence electrons. The van der Waals surface area contributed by atoms with Gasteiger partial charge >= 0.3 is 5.97 Å². The smallest absolute Gasteiger partial charge is 0.337 e. The summed E-state index contributed by atoms with van der Waals surface area (Å²) in [5.74, 6) is 3.01. The van der Waals surface area contributed by atoms with Crippen LogP contribution < -0.4 is 10.1 Å². The molecule has 1 N–H and O–H groups in total. The van der Waals surface area contributed by atoms with Crippen molar-refractivity contribution in [1.82, 2.24) is 15.4 Å². The number of hydrogen-bond acceptors (Lipinski definition) is 9. The first-order chi connectivity index (χ1) is 22.8. The Morgan fingerprint density at radius 3 is 2.57 bits per heavy atom. The maximum atomic E-state index is 13.2. The molecule has 6 rings (SSSR count). The first-order valence-corrected chi connectivity index (χ1v) is 17.5. The lowest BCUT2D eigenvalue weighted by Crippen LogP contribution is -2.85. The van der Waals surface area contributed by atoms with Crippen molar-refractivity contribution in [3.8, 4) is 5.75 Å². The number of ether oxygens (including phenoxy) is 3. The van der Waals surface area contributed by atoms with E-state index in [1.807, 2.05) is 13.8 Å². The molecule has 1 saturated heterocycles. The average Bonchev–Trinajstić information content (AvgIpc) is 3.38. The van der Waals surface area contributed by atoms with Crippen LogP contribution in [-0.2, 0) is 31.2 Å². The van der Waals surface area contributed by atoms with E-state index in [9.17, 15) is 14.4 Å². The largest absolute Gasteiger partial charge is 0.491 e. The minimum atomic E-state index is -0.388. The SMILES string of the molecule is COC(=O)c1ccc(OCCOCCNC(=O)CCc2ccccc2C2CC3N(C(=O)CSCc4c(C)noc4C)C4CCC243)cc1. The number of esters is 1. The Hall–Kier alpha value is -3.83. The Kier molecular flexibility index (Phi) is 10.2. The summed E-state index contributed by atoms with van der Waals surface area (Å²) in [6.07, 6.45) is 4.36. The minimum absolute atomic E-state index is 0.00558. The van der Waals surface area contributed by atoms with Gasteiger partial charge in [0.05, 0.1) is 37.3 Å². The summed E-state index contributed by atoms with van der Waals surface area (Å²) >= 11 is 1.64. The van der Waals surface area contributed by atoms with Gasteiger partial charge in [-0.2, -0.15) is 0 Å².